The number of ether oxygens (including phenoxy) is 2. The quantitative estimate of drug-likeness (QED) is 0.296. The van der Waals surface area contributed by atoms with Crippen molar-refractivity contribution in [1.29, 1.82) is 0 Å². The molecular weight excluding hydrogens is 505 g/mol. The van der Waals surface area contributed by atoms with E-state index in [0.29, 0.717) is 46.2 Å². The molecule has 0 aliphatic carbocycles. The van der Waals surface area contributed by atoms with E-state index in [0.717, 1.165) is 24.1 Å². The average Bonchev–Trinajstić information content (AvgIpc) is 3.66. The molecule has 1 aliphatic rings. The standard InChI is InChI=1S/C25H23ClFN5O3S/c26-20-6-7-21-23(35-16-34-21)19(20)14-32(13-17-2-4-18(27)5-3-17)25-30-12-22(36-25)24(33)29-8-1-10-31-11-9-28-15-31/h2-7,9,11-12,15H,1,8,10,13-14,16H2,(H,29,33). The van der Waals surface area contributed by atoms with E-state index in [1.165, 1.54) is 23.5 Å². The van der Waals surface area contributed by atoms with Gasteiger partial charge < -0.3 is 24.3 Å². The number of nitrogens with zero attached hydrogens (tertiary/aromatic N) is 4. The van der Waals surface area contributed by atoms with E-state index >= 15 is 0 Å². The van der Waals surface area contributed by atoms with Crippen LogP contribution in [0.1, 0.15) is 27.2 Å². The molecule has 2 aromatic heterocycles. The maximum absolute atomic E-state index is 13.5. The monoisotopic (exact) mass is 527 g/mol. The molecule has 8 nitrogen and oxygen atoms in total. The number of rotatable bonds is 10. The van der Waals surface area contributed by atoms with Crippen LogP contribution in [-0.4, -0.2) is 33.8 Å². The molecule has 1 N–H and O–H groups in total. The molecule has 4 aromatic rings. The lowest BCUT2D eigenvalue weighted by atomic mass is 10.1. The average molecular weight is 528 g/mol. The maximum atomic E-state index is 13.5. The Bertz CT molecular complexity index is 1330. The third-order valence-electron chi connectivity index (χ3n) is 5.65. The predicted molar refractivity (Wildman–Crippen MR) is 135 cm³/mol. The fourth-order valence-corrected chi connectivity index (χ4v) is 4.87. The Balaban J connectivity index is 1.32. The second-order valence-corrected chi connectivity index (χ2v) is 9.58. The molecular formula is C25H23ClFN5O3S. The van der Waals surface area contributed by atoms with Gasteiger partial charge in [-0.1, -0.05) is 35.1 Å². The number of hydrogen-bond donors (Lipinski definition) is 1. The molecule has 0 fully saturated rings. The number of carbonyl (C=O) groups is 1. The smallest absolute Gasteiger partial charge is 0.263 e. The van der Waals surface area contributed by atoms with Crippen LogP contribution in [0.25, 0.3) is 0 Å². The van der Waals surface area contributed by atoms with Gasteiger partial charge in [0.1, 0.15) is 10.7 Å². The van der Waals surface area contributed by atoms with Crippen molar-refractivity contribution >= 4 is 34.0 Å². The Morgan fingerprint density at radius 2 is 2.06 bits per heavy atom. The first kappa shape index (κ1) is 24.1. The largest absolute Gasteiger partial charge is 0.454 e. The summed E-state index contributed by atoms with van der Waals surface area (Å²) in [6.07, 6.45) is 7.71. The molecule has 0 saturated heterocycles. The van der Waals surface area contributed by atoms with Gasteiger partial charge in [-0.2, -0.15) is 0 Å². The fraction of sp³-hybridized carbons (Fsp3) is 0.240. The van der Waals surface area contributed by atoms with Crippen molar-refractivity contribution in [2.75, 3.05) is 18.2 Å². The molecule has 0 saturated carbocycles. The van der Waals surface area contributed by atoms with Gasteiger partial charge in [0.25, 0.3) is 5.91 Å². The molecule has 5 rings (SSSR count). The van der Waals surface area contributed by atoms with Crippen molar-refractivity contribution in [1.82, 2.24) is 19.9 Å². The minimum absolute atomic E-state index is 0.128. The zero-order valence-corrected chi connectivity index (χ0v) is 20.8. The molecule has 2 aromatic carbocycles. The molecule has 0 atom stereocenters. The van der Waals surface area contributed by atoms with Gasteiger partial charge in [-0.05, 0) is 36.2 Å². The summed E-state index contributed by atoms with van der Waals surface area (Å²) in [4.78, 5) is 23.7. The van der Waals surface area contributed by atoms with Crippen molar-refractivity contribution in [3.8, 4) is 11.5 Å². The van der Waals surface area contributed by atoms with E-state index in [1.807, 2.05) is 15.7 Å². The van der Waals surface area contributed by atoms with Crippen LogP contribution in [0.2, 0.25) is 5.02 Å². The number of aromatic nitrogens is 3. The van der Waals surface area contributed by atoms with Crippen molar-refractivity contribution in [2.45, 2.75) is 26.1 Å². The van der Waals surface area contributed by atoms with Crippen LogP contribution in [-0.2, 0) is 19.6 Å². The van der Waals surface area contributed by atoms with Gasteiger partial charge in [-0.15, -0.1) is 0 Å². The molecule has 3 heterocycles. The van der Waals surface area contributed by atoms with Gasteiger partial charge in [0, 0.05) is 42.6 Å². The summed E-state index contributed by atoms with van der Waals surface area (Å²) in [6, 6.07) is 9.83. The van der Waals surface area contributed by atoms with Crippen molar-refractivity contribution in [2.24, 2.45) is 0 Å². The van der Waals surface area contributed by atoms with Crippen LogP contribution in [0.4, 0.5) is 9.52 Å². The molecule has 1 aliphatic heterocycles. The Morgan fingerprint density at radius 1 is 1.19 bits per heavy atom. The van der Waals surface area contributed by atoms with Crippen LogP contribution >= 0.6 is 22.9 Å². The summed E-state index contributed by atoms with van der Waals surface area (Å²) in [5.74, 6) is 0.743. The maximum Gasteiger partial charge on any atom is 0.263 e. The van der Waals surface area contributed by atoms with Crippen LogP contribution in [0, 0.1) is 5.82 Å². The van der Waals surface area contributed by atoms with E-state index < -0.39 is 0 Å². The third-order valence-corrected chi connectivity index (χ3v) is 7.06. The highest BCUT2D eigenvalue weighted by atomic mass is 35.5. The first-order valence-electron chi connectivity index (χ1n) is 11.3. The number of halogens is 2. The molecule has 36 heavy (non-hydrogen) atoms. The van der Waals surface area contributed by atoms with E-state index in [-0.39, 0.29) is 18.5 Å². The van der Waals surface area contributed by atoms with Crippen LogP contribution < -0.4 is 19.7 Å². The van der Waals surface area contributed by atoms with Crippen LogP contribution in [0.15, 0.2) is 61.3 Å². The van der Waals surface area contributed by atoms with Gasteiger partial charge in [0.2, 0.25) is 6.79 Å². The number of anilines is 1. The number of nitrogens with one attached hydrogen (secondary N) is 1. The molecule has 1 amide bonds. The van der Waals surface area contributed by atoms with E-state index in [1.54, 1.807) is 43.0 Å². The highest BCUT2D eigenvalue weighted by Crippen LogP contribution is 2.41. The molecule has 0 spiro atoms. The van der Waals surface area contributed by atoms with Crippen molar-refractivity contribution in [3.63, 3.8) is 0 Å². The van der Waals surface area contributed by atoms with Crippen LogP contribution in [0.5, 0.6) is 11.5 Å². The van der Waals surface area contributed by atoms with Crippen molar-refractivity contribution in [3.05, 3.63) is 88.2 Å². The van der Waals surface area contributed by atoms with Gasteiger partial charge in [0.05, 0.1) is 19.1 Å². The highest BCUT2D eigenvalue weighted by molar-refractivity contribution is 7.17. The second kappa shape index (κ2) is 11.0. The number of imidazole rings is 1. The lowest BCUT2D eigenvalue weighted by Crippen LogP contribution is -2.24. The molecule has 0 radical (unpaired) electrons. The van der Waals surface area contributed by atoms with Gasteiger partial charge >= 0.3 is 0 Å². The number of carbonyl (C=O) groups excluding carboxylic acids is 1. The van der Waals surface area contributed by atoms with Crippen LogP contribution in [0.3, 0.4) is 0 Å². The molecule has 0 bridgehead atoms. The molecule has 11 heteroatoms. The number of aryl methyl sites for hydroxylation is 1. The molecule has 186 valence electrons. The lowest BCUT2D eigenvalue weighted by molar-refractivity contribution is 0.0956. The minimum Gasteiger partial charge on any atom is -0.454 e. The SMILES string of the molecule is O=C(NCCCn1ccnc1)c1cnc(N(Cc2ccc(F)cc2)Cc2c(Cl)ccc3c2OCO3)s1. The Morgan fingerprint density at radius 3 is 2.86 bits per heavy atom. The number of amides is 1. The summed E-state index contributed by atoms with van der Waals surface area (Å²) >= 11 is 7.81. The second-order valence-electron chi connectivity index (χ2n) is 8.16. The normalized spacial score (nSPS) is 12.1. The predicted octanol–water partition coefficient (Wildman–Crippen LogP) is 4.89. The Labute approximate surface area is 216 Å². The van der Waals surface area contributed by atoms with Gasteiger partial charge in [0.15, 0.2) is 16.6 Å². The minimum atomic E-state index is -0.305. The zero-order chi connectivity index (χ0) is 24.9. The number of thiazole rings is 1. The van der Waals surface area contributed by atoms with E-state index in [2.05, 4.69) is 15.3 Å². The summed E-state index contributed by atoms with van der Waals surface area (Å²) in [6.45, 7) is 2.23. The van der Waals surface area contributed by atoms with Gasteiger partial charge in [-0.3, -0.25) is 4.79 Å². The lowest BCUT2D eigenvalue weighted by Gasteiger charge is -2.23. The highest BCUT2D eigenvalue weighted by Gasteiger charge is 2.24. The van der Waals surface area contributed by atoms with Crippen molar-refractivity contribution < 1.29 is 18.7 Å². The third kappa shape index (κ3) is 5.60. The van der Waals surface area contributed by atoms with E-state index in [4.69, 9.17) is 21.1 Å². The zero-order valence-electron chi connectivity index (χ0n) is 19.2. The Kier molecular flexibility index (Phi) is 7.33. The van der Waals surface area contributed by atoms with Gasteiger partial charge in [-0.25, -0.2) is 14.4 Å². The summed E-state index contributed by atoms with van der Waals surface area (Å²) in [5.41, 5.74) is 1.65. The first-order chi connectivity index (χ1) is 17.6. The fourth-order valence-electron chi connectivity index (χ4n) is 3.83. The number of fused-ring (bicyclic) bond motifs is 1. The number of hydrogen-bond acceptors (Lipinski definition) is 7. The number of benzene rings is 2. The van der Waals surface area contributed by atoms with E-state index in [9.17, 15) is 9.18 Å². The topological polar surface area (TPSA) is 81.5 Å². The summed E-state index contributed by atoms with van der Waals surface area (Å²) in [7, 11) is 0. The first-order valence-corrected chi connectivity index (χ1v) is 12.5. The Hall–Kier alpha value is -3.63. The summed E-state index contributed by atoms with van der Waals surface area (Å²) in [5, 5.41) is 4.11. The summed E-state index contributed by atoms with van der Waals surface area (Å²) < 4.78 is 26.6. The molecule has 0 unspecified atom stereocenters.